The van der Waals surface area contributed by atoms with E-state index in [0.29, 0.717) is 15.5 Å². The van der Waals surface area contributed by atoms with Crippen molar-refractivity contribution >= 4 is 51.4 Å². The van der Waals surface area contributed by atoms with E-state index in [9.17, 15) is 29.2 Å². The van der Waals surface area contributed by atoms with E-state index in [1.165, 1.54) is 42.1 Å². The summed E-state index contributed by atoms with van der Waals surface area (Å²) in [6, 6.07) is 18.8. The molecule has 3 aromatic carbocycles. The molecule has 2 heterocycles. The molecule has 0 aliphatic carbocycles. The number of aliphatic hydroxyl groups is 1. The van der Waals surface area contributed by atoms with Crippen LogP contribution >= 0.6 is 23.1 Å². The van der Waals surface area contributed by atoms with E-state index in [1.807, 2.05) is 0 Å². The highest BCUT2D eigenvalue weighted by atomic mass is 32.2. The molecule has 0 spiro atoms. The van der Waals surface area contributed by atoms with Crippen molar-refractivity contribution in [1.82, 2.24) is 10.2 Å². The summed E-state index contributed by atoms with van der Waals surface area (Å²) < 4.78 is 14.4. The Morgan fingerprint density at radius 3 is 2.53 bits per heavy atom. The highest BCUT2D eigenvalue weighted by Gasteiger charge is 2.48. The van der Waals surface area contributed by atoms with Crippen LogP contribution < -0.4 is 4.90 Å². The lowest BCUT2D eigenvalue weighted by molar-refractivity contribution is -0.384. The minimum Gasteiger partial charge on any atom is -0.507 e. The molecule has 4 aromatic rings. The second-order valence-electron chi connectivity index (χ2n) is 8.12. The van der Waals surface area contributed by atoms with Crippen LogP contribution in [0.3, 0.4) is 0 Å². The number of nitrogens with zero attached hydrogens (tertiary/aromatic N) is 4. The van der Waals surface area contributed by atoms with Crippen molar-refractivity contribution in [3.63, 3.8) is 0 Å². The van der Waals surface area contributed by atoms with E-state index < -0.39 is 28.4 Å². The van der Waals surface area contributed by atoms with Gasteiger partial charge in [-0.15, -0.1) is 10.2 Å². The summed E-state index contributed by atoms with van der Waals surface area (Å²) in [6.07, 6.45) is 0. The van der Waals surface area contributed by atoms with Gasteiger partial charge in [-0.2, -0.15) is 0 Å². The predicted octanol–water partition coefficient (Wildman–Crippen LogP) is 5.50. The van der Waals surface area contributed by atoms with Gasteiger partial charge >= 0.3 is 5.91 Å². The lowest BCUT2D eigenvalue weighted by atomic mass is 9.95. The van der Waals surface area contributed by atoms with Crippen molar-refractivity contribution in [3.8, 4) is 0 Å². The lowest BCUT2D eigenvalue weighted by Crippen LogP contribution is -2.29. The predicted molar refractivity (Wildman–Crippen MR) is 140 cm³/mol. The summed E-state index contributed by atoms with van der Waals surface area (Å²) in [7, 11) is 0. The Bertz CT molecular complexity index is 1590. The molecule has 0 radical (unpaired) electrons. The maximum atomic E-state index is 14.0. The van der Waals surface area contributed by atoms with Crippen molar-refractivity contribution < 1.29 is 24.0 Å². The second-order valence-corrected chi connectivity index (χ2v) is 10.3. The summed E-state index contributed by atoms with van der Waals surface area (Å²) in [6.45, 7) is 0. The average molecular weight is 549 g/mol. The van der Waals surface area contributed by atoms with Gasteiger partial charge in [0.05, 0.1) is 16.5 Å². The zero-order valence-corrected chi connectivity index (χ0v) is 21.0. The molecular weight excluding hydrogens is 531 g/mol. The third-order valence-corrected chi connectivity index (χ3v) is 7.90. The molecule has 0 bridgehead atoms. The number of rotatable bonds is 7. The van der Waals surface area contributed by atoms with Crippen LogP contribution in [-0.4, -0.2) is 31.9 Å². The lowest BCUT2D eigenvalue weighted by Gasteiger charge is -2.22. The van der Waals surface area contributed by atoms with Gasteiger partial charge in [0, 0.05) is 23.4 Å². The van der Waals surface area contributed by atoms with Crippen molar-refractivity contribution in [1.29, 1.82) is 0 Å². The minimum atomic E-state index is -1.19. The van der Waals surface area contributed by atoms with Crippen molar-refractivity contribution in [3.05, 3.63) is 117 Å². The van der Waals surface area contributed by atoms with Gasteiger partial charge in [-0.3, -0.25) is 24.6 Å². The number of carbonyl (C=O) groups is 2. The maximum absolute atomic E-state index is 14.0. The number of halogens is 1. The third kappa shape index (κ3) is 4.78. The van der Waals surface area contributed by atoms with Crippen LogP contribution in [0.2, 0.25) is 0 Å². The monoisotopic (exact) mass is 548 g/mol. The first-order valence-electron chi connectivity index (χ1n) is 11.2. The van der Waals surface area contributed by atoms with Crippen LogP contribution in [0, 0.1) is 15.9 Å². The van der Waals surface area contributed by atoms with Crippen LogP contribution in [0.15, 0.2) is 88.8 Å². The van der Waals surface area contributed by atoms with E-state index in [1.54, 1.807) is 48.5 Å². The highest BCUT2D eigenvalue weighted by Crippen LogP contribution is 2.44. The van der Waals surface area contributed by atoms with Gasteiger partial charge in [0.25, 0.3) is 11.5 Å². The van der Waals surface area contributed by atoms with Crippen LogP contribution in [0.4, 0.5) is 15.2 Å². The number of amides is 1. The fraction of sp³-hybridized carbons (Fsp3) is 0.0769. The number of nitro benzene ring substituents is 1. The Morgan fingerprint density at radius 2 is 1.79 bits per heavy atom. The summed E-state index contributed by atoms with van der Waals surface area (Å²) >= 11 is 2.22. The van der Waals surface area contributed by atoms with Gasteiger partial charge in [0.2, 0.25) is 5.13 Å². The number of ketones is 1. The van der Waals surface area contributed by atoms with E-state index in [0.717, 1.165) is 16.2 Å². The molecule has 38 heavy (non-hydrogen) atoms. The molecule has 1 atom stereocenters. The van der Waals surface area contributed by atoms with Crippen LogP contribution in [0.25, 0.3) is 5.76 Å². The Kier molecular flexibility index (Phi) is 6.99. The third-order valence-electron chi connectivity index (χ3n) is 5.80. The summed E-state index contributed by atoms with van der Waals surface area (Å²) in [4.78, 5) is 38.4. The van der Waals surface area contributed by atoms with Crippen molar-refractivity contribution in [2.45, 2.75) is 16.1 Å². The fourth-order valence-corrected chi connectivity index (χ4v) is 5.87. The number of Topliss-reactive ketones (excluding diaryl/α,β-unsaturated/α-hetero) is 1. The standard InChI is InChI=1S/C26H17FN4O5S2/c27-19-12-5-4-9-17(19)14-37-26-29-28-25(38-26)30-21(16-10-6-11-18(13-16)31(35)36)20(23(33)24(30)34)22(32)15-7-2-1-3-8-15/h1-13,21,32H,14H2/b22-20-. The molecule has 1 amide bonds. The van der Waals surface area contributed by atoms with E-state index in [-0.39, 0.29) is 33.5 Å². The summed E-state index contributed by atoms with van der Waals surface area (Å²) in [5, 5.41) is 30.8. The molecule has 0 saturated carbocycles. The Hall–Kier alpha value is -4.42. The number of non-ortho nitro benzene ring substituents is 1. The molecule has 1 N–H and O–H groups in total. The van der Waals surface area contributed by atoms with Gasteiger partial charge in [-0.05, 0) is 17.2 Å². The van der Waals surface area contributed by atoms with Crippen molar-refractivity contribution in [2.24, 2.45) is 0 Å². The van der Waals surface area contributed by atoms with Gasteiger partial charge in [-0.1, -0.05) is 83.8 Å². The summed E-state index contributed by atoms with van der Waals surface area (Å²) in [5.74, 6) is -2.43. The van der Waals surface area contributed by atoms with E-state index in [4.69, 9.17) is 0 Å². The van der Waals surface area contributed by atoms with Gasteiger partial charge < -0.3 is 5.11 Å². The smallest absolute Gasteiger partial charge is 0.301 e. The number of nitro groups is 1. The molecule has 5 rings (SSSR count). The molecule has 1 aromatic heterocycles. The average Bonchev–Trinajstić information content (AvgIpc) is 3.50. The molecule has 1 unspecified atom stereocenters. The number of thioether (sulfide) groups is 1. The normalized spacial score (nSPS) is 16.7. The molecule has 1 saturated heterocycles. The molecule has 1 fully saturated rings. The molecule has 190 valence electrons. The van der Waals surface area contributed by atoms with Crippen LogP contribution in [-0.2, 0) is 15.3 Å². The fourth-order valence-electron chi connectivity index (χ4n) is 4.02. The Labute approximate surface area is 223 Å². The van der Waals surface area contributed by atoms with Crippen LogP contribution in [0.1, 0.15) is 22.7 Å². The SMILES string of the molecule is O=C1C(=O)N(c2nnc(SCc3ccccc3F)s2)C(c2cccc([N+](=O)[O-])c2)/C1=C(/O)c1ccccc1. The van der Waals surface area contributed by atoms with Crippen LogP contribution in [0.5, 0.6) is 0 Å². The van der Waals surface area contributed by atoms with Gasteiger partial charge in [0.1, 0.15) is 11.6 Å². The van der Waals surface area contributed by atoms with Gasteiger partial charge in [-0.25, -0.2) is 4.39 Å². The van der Waals surface area contributed by atoms with E-state index >= 15 is 0 Å². The number of benzene rings is 3. The number of aromatic nitrogens is 2. The quantitative estimate of drug-likeness (QED) is 0.0610. The number of anilines is 1. The second kappa shape index (κ2) is 10.5. The first-order valence-corrected chi connectivity index (χ1v) is 13.0. The molecule has 1 aliphatic rings. The number of aliphatic hydroxyl groups excluding tert-OH is 1. The highest BCUT2D eigenvalue weighted by molar-refractivity contribution is 8.00. The number of hydrogen-bond acceptors (Lipinski definition) is 9. The Morgan fingerprint density at radius 1 is 1.05 bits per heavy atom. The zero-order valence-electron chi connectivity index (χ0n) is 19.4. The first-order chi connectivity index (χ1) is 18.3. The maximum Gasteiger partial charge on any atom is 0.301 e. The van der Waals surface area contributed by atoms with Crippen molar-refractivity contribution in [2.75, 3.05) is 4.90 Å². The molecule has 9 nitrogen and oxygen atoms in total. The number of carbonyl (C=O) groups excluding carboxylic acids is 2. The largest absolute Gasteiger partial charge is 0.507 e. The first kappa shape index (κ1) is 25.2. The van der Waals surface area contributed by atoms with E-state index in [2.05, 4.69) is 10.2 Å². The zero-order chi connectivity index (χ0) is 26.8. The molecule has 12 heteroatoms. The number of hydrogen-bond donors (Lipinski definition) is 1. The molecule has 1 aliphatic heterocycles. The topological polar surface area (TPSA) is 127 Å². The van der Waals surface area contributed by atoms with Gasteiger partial charge in [0.15, 0.2) is 4.34 Å². The summed E-state index contributed by atoms with van der Waals surface area (Å²) in [5.41, 5.74) is 0.545. The minimum absolute atomic E-state index is 0.0618. The Balaban J connectivity index is 1.57. The molecular formula is C26H17FN4O5S2.